The molecule has 0 bridgehead atoms. The van der Waals surface area contributed by atoms with Crippen molar-refractivity contribution in [3.05, 3.63) is 48.0 Å². The van der Waals surface area contributed by atoms with Crippen molar-refractivity contribution in [2.75, 3.05) is 6.54 Å². The number of nitrogens with one attached hydrogen (secondary N) is 1. The van der Waals surface area contributed by atoms with Crippen LogP contribution in [-0.4, -0.2) is 40.4 Å². The third kappa shape index (κ3) is 5.01. The van der Waals surface area contributed by atoms with E-state index in [1.54, 1.807) is 3.58 Å². The Balaban J connectivity index is 1.73. The number of nitrogens with zero attached hydrogens (tertiary/aromatic N) is 2. The van der Waals surface area contributed by atoms with Crippen LogP contribution in [0.15, 0.2) is 42.5 Å². The number of rotatable bonds is 11. The fourth-order valence-corrected chi connectivity index (χ4v) is 21.4. The molecule has 3 aromatic rings. The van der Waals surface area contributed by atoms with Gasteiger partial charge in [0.1, 0.15) is 0 Å². The van der Waals surface area contributed by atoms with Crippen molar-refractivity contribution in [1.29, 1.82) is 0 Å². The van der Waals surface area contributed by atoms with Crippen LogP contribution in [0, 0.1) is 0 Å². The molecule has 0 saturated heterocycles. The number of carbonyl (C=O) groups is 1. The number of unbranched alkanes of at least 4 members (excludes halogenated alkanes) is 3. The molecule has 2 heterocycles. The standard InChI is InChI=1S/C16H12N3O.3C4H9.Sn/c20-16-12-7-4-8-13-14(12)19(10-9-17-16)15(18-13)11-5-2-1-3-6-11;3*1-3-4-2;/h2-8H,9-10H2,(H,17,20);3*1,3-4H2,2H3;. The van der Waals surface area contributed by atoms with E-state index in [0.717, 1.165) is 34.5 Å². The molecule has 0 fully saturated rings. The second-order valence-corrected chi connectivity index (χ2v) is 22.9. The van der Waals surface area contributed by atoms with Gasteiger partial charge in [0, 0.05) is 0 Å². The van der Waals surface area contributed by atoms with Gasteiger partial charge in [-0.1, -0.05) is 0 Å². The molecule has 33 heavy (non-hydrogen) atoms. The van der Waals surface area contributed by atoms with Crippen molar-refractivity contribution < 1.29 is 4.79 Å². The second-order valence-electron chi connectivity index (χ2n) is 9.68. The van der Waals surface area contributed by atoms with Gasteiger partial charge >= 0.3 is 204 Å². The monoisotopic (exact) mass is 553 g/mol. The zero-order valence-electron chi connectivity index (χ0n) is 20.6. The Morgan fingerprint density at radius 2 is 1.55 bits per heavy atom. The van der Waals surface area contributed by atoms with E-state index in [4.69, 9.17) is 4.98 Å². The first kappa shape index (κ1) is 24.3. The van der Waals surface area contributed by atoms with Crippen LogP contribution in [0.25, 0.3) is 22.4 Å². The molecule has 0 unspecified atom stereocenters. The first-order chi connectivity index (χ1) is 16.1. The van der Waals surface area contributed by atoms with Gasteiger partial charge < -0.3 is 0 Å². The average Bonchev–Trinajstić information content (AvgIpc) is 3.13. The van der Waals surface area contributed by atoms with Crippen LogP contribution in [0.4, 0.5) is 0 Å². The van der Waals surface area contributed by atoms with Gasteiger partial charge in [-0.05, 0) is 0 Å². The molecule has 0 spiro atoms. The number of hydrogen-bond acceptors (Lipinski definition) is 2. The van der Waals surface area contributed by atoms with Gasteiger partial charge in [-0.3, -0.25) is 0 Å². The van der Waals surface area contributed by atoms with E-state index in [2.05, 4.69) is 54.9 Å². The molecule has 1 amide bonds. The third-order valence-corrected chi connectivity index (χ3v) is 23.1. The summed E-state index contributed by atoms with van der Waals surface area (Å²) < 4.78 is 8.40. The van der Waals surface area contributed by atoms with Crippen molar-refractivity contribution in [3.63, 3.8) is 0 Å². The Bertz CT molecular complexity index is 1060. The van der Waals surface area contributed by atoms with Gasteiger partial charge in [-0.25, -0.2) is 0 Å². The van der Waals surface area contributed by atoms with Crippen molar-refractivity contribution in [1.82, 2.24) is 14.9 Å². The predicted octanol–water partition coefficient (Wildman–Crippen LogP) is 6.50. The summed E-state index contributed by atoms with van der Waals surface area (Å²) in [7, 11) is 0. The number of para-hydroxylation sites is 1. The summed E-state index contributed by atoms with van der Waals surface area (Å²) in [6, 6.07) is 15.4. The van der Waals surface area contributed by atoms with Gasteiger partial charge in [0.2, 0.25) is 0 Å². The molecule has 1 aliphatic rings. The summed E-state index contributed by atoms with van der Waals surface area (Å²) in [5, 5.41) is 3.02. The molecule has 1 N–H and O–H groups in total. The van der Waals surface area contributed by atoms with Crippen LogP contribution in [0.5, 0.6) is 0 Å². The molecular weight excluding hydrogens is 513 g/mol. The molecule has 1 aliphatic heterocycles. The SMILES string of the molecule is CCC[CH2][Sn]([CH2]CCC)([CH2]CCC)[c]1ccc(-c2nc3cccc4c3n2CCNC4=O)cc1. The Morgan fingerprint density at radius 1 is 0.909 bits per heavy atom. The van der Waals surface area contributed by atoms with Gasteiger partial charge in [-0.15, -0.1) is 0 Å². The van der Waals surface area contributed by atoms with Gasteiger partial charge in [0.25, 0.3) is 0 Å². The summed E-state index contributed by atoms with van der Waals surface area (Å²) in [5.74, 6) is 0.986. The van der Waals surface area contributed by atoms with Crippen molar-refractivity contribution in [2.45, 2.75) is 79.2 Å². The molecular formula is C28H39N3OSn. The average molecular weight is 552 g/mol. The van der Waals surface area contributed by atoms with Gasteiger partial charge in [-0.2, -0.15) is 0 Å². The number of amides is 1. The zero-order valence-corrected chi connectivity index (χ0v) is 23.5. The molecule has 2 aromatic carbocycles. The van der Waals surface area contributed by atoms with E-state index in [9.17, 15) is 4.79 Å². The predicted molar refractivity (Wildman–Crippen MR) is 142 cm³/mol. The summed E-state index contributed by atoms with van der Waals surface area (Å²) in [6.07, 6.45) is 8.04. The normalized spacial score (nSPS) is 13.8. The molecule has 4 rings (SSSR count). The van der Waals surface area contributed by atoms with Crippen LogP contribution in [0.3, 0.4) is 0 Å². The maximum absolute atomic E-state index is 12.5. The number of carbonyl (C=O) groups excluding carboxylic acids is 1. The van der Waals surface area contributed by atoms with Crippen LogP contribution in [-0.2, 0) is 6.54 Å². The first-order valence-corrected chi connectivity index (χ1v) is 20.5. The molecule has 176 valence electrons. The molecule has 0 radical (unpaired) electrons. The Labute approximate surface area is 203 Å². The molecule has 0 aliphatic carbocycles. The number of hydrogen-bond donors (Lipinski definition) is 1. The fraction of sp³-hybridized carbons (Fsp3) is 0.500. The third-order valence-electron chi connectivity index (χ3n) is 7.41. The zero-order chi connectivity index (χ0) is 23.3. The van der Waals surface area contributed by atoms with Crippen LogP contribution < -0.4 is 8.90 Å². The molecule has 4 nitrogen and oxygen atoms in total. The Hall–Kier alpha value is -1.82. The van der Waals surface area contributed by atoms with E-state index < -0.39 is 18.4 Å². The van der Waals surface area contributed by atoms with Crippen LogP contribution >= 0.6 is 0 Å². The van der Waals surface area contributed by atoms with E-state index in [-0.39, 0.29) is 5.91 Å². The van der Waals surface area contributed by atoms with Gasteiger partial charge in [0.05, 0.1) is 0 Å². The second kappa shape index (κ2) is 11.1. The maximum atomic E-state index is 12.5. The van der Waals surface area contributed by atoms with E-state index in [0.29, 0.717) is 6.54 Å². The minimum atomic E-state index is -2.43. The Morgan fingerprint density at radius 3 is 2.15 bits per heavy atom. The van der Waals surface area contributed by atoms with E-state index >= 15 is 0 Å². The Kier molecular flexibility index (Phi) is 8.15. The summed E-state index contributed by atoms with van der Waals surface area (Å²) in [6.45, 7) is 8.40. The summed E-state index contributed by atoms with van der Waals surface area (Å²) in [4.78, 5) is 17.5. The molecule has 1 aromatic heterocycles. The van der Waals surface area contributed by atoms with Crippen molar-refractivity contribution >= 4 is 38.9 Å². The fourth-order valence-electron chi connectivity index (χ4n) is 5.51. The van der Waals surface area contributed by atoms with Crippen molar-refractivity contribution in [3.8, 4) is 11.4 Å². The molecule has 0 atom stereocenters. The number of imidazole rings is 1. The van der Waals surface area contributed by atoms with Crippen molar-refractivity contribution in [2.24, 2.45) is 0 Å². The quantitative estimate of drug-likeness (QED) is 0.276. The van der Waals surface area contributed by atoms with E-state index in [1.165, 1.54) is 51.8 Å². The van der Waals surface area contributed by atoms with Crippen LogP contribution in [0.1, 0.15) is 69.7 Å². The number of benzene rings is 2. The molecule has 5 heteroatoms. The first-order valence-electron chi connectivity index (χ1n) is 13.0. The minimum absolute atomic E-state index is 0.00257. The van der Waals surface area contributed by atoms with Gasteiger partial charge in [0.15, 0.2) is 0 Å². The molecule has 0 saturated carbocycles. The topological polar surface area (TPSA) is 46.9 Å². The van der Waals surface area contributed by atoms with E-state index in [1.807, 2.05) is 18.2 Å². The summed E-state index contributed by atoms with van der Waals surface area (Å²) in [5.41, 5.74) is 3.77. The van der Waals surface area contributed by atoms with Crippen LogP contribution in [0.2, 0.25) is 13.3 Å². The number of aromatic nitrogens is 2. The summed E-state index contributed by atoms with van der Waals surface area (Å²) >= 11 is -2.43.